The van der Waals surface area contributed by atoms with Crippen molar-refractivity contribution in [3.63, 3.8) is 0 Å². The van der Waals surface area contributed by atoms with Gasteiger partial charge in [0.15, 0.2) is 5.11 Å². The fraction of sp³-hybridized carbons (Fsp3) is 0.194. The van der Waals surface area contributed by atoms with E-state index < -0.39 is 5.91 Å². The smallest absolute Gasteiger partial charge is 0.270 e. The first-order chi connectivity index (χ1) is 20.2. The lowest BCUT2D eigenvalue weighted by molar-refractivity contribution is -0.132. The van der Waals surface area contributed by atoms with E-state index in [1.54, 1.807) is 0 Å². The second-order valence-corrected chi connectivity index (χ2v) is 11.6. The standard InChI is InChI=1S/C36H35N3O2S/c1-5-37-33(40)32(34(41)38(6-2)35(37)42)28-23-27(24-36(3,4)25-28)18-17-26-19-21-31(22-20-26)39(29-13-9-7-10-14-29)30-15-11-8-12-16-30/h5,7-23H,1,6,24-25H2,2-4H3/b18-17+,32-28-. The van der Waals surface area contributed by atoms with Crippen molar-refractivity contribution in [3.05, 3.63) is 132 Å². The molecular formula is C36H35N3O2S. The van der Waals surface area contributed by atoms with Crippen LogP contribution >= 0.6 is 12.2 Å². The van der Waals surface area contributed by atoms with E-state index in [-0.39, 0.29) is 22.0 Å². The normalized spacial score (nSPS) is 18.8. The van der Waals surface area contributed by atoms with Gasteiger partial charge in [-0.3, -0.25) is 19.4 Å². The maximum absolute atomic E-state index is 13.4. The Morgan fingerprint density at radius 3 is 1.95 bits per heavy atom. The molecule has 2 aliphatic rings. The van der Waals surface area contributed by atoms with Gasteiger partial charge in [-0.15, -0.1) is 0 Å². The van der Waals surface area contributed by atoms with Gasteiger partial charge in [-0.2, -0.15) is 0 Å². The molecule has 1 fully saturated rings. The first-order valence-electron chi connectivity index (χ1n) is 14.2. The Balaban J connectivity index is 1.46. The minimum atomic E-state index is -0.408. The van der Waals surface area contributed by atoms with E-state index in [1.807, 2.05) is 49.4 Å². The molecule has 1 aliphatic carbocycles. The molecule has 5 nitrogen and oxygen atoms in total. The summed E-state index contributed by atoms with van der Waals surface area (Å²) in [4.78, 5) is 31.7. The van der Waals surface area contributed by atoms with Crippen LogP contribution in [0.15, 0.2) is 127 Å². The lowest BCUT2D eigenvalue weighted by Crippen LogP contribution is -2.54. The number of anilines is 3. The van der Waals surface area contributed by atoms with E-state index in [0.717, 1.165) is 40.2 Å². The Labute approximate surface area is 253 Å². The van der Waals surface area contributed by atoms with Crippen LogP contribution in [0.25, 0.3) is 6.08 Å². The lowest BCUT2D eigenvalue weighted by Gasteiger charge is -2.37. The van der Waals surface area contributed by atoms with Crippen LogP contribution in [-0.4, -0.2) is 33.3 Å². The molecule has 0 unspecified atom stereocenters. The molecule has 5 rings (SSSR count). The van der Waals surface area contributed by atoms with Gasteiger partial charge in [-0.25, -0.2) is 0 Å². The molecule has 0 aromatic heterocycles. The summed E-state index contributed by atoms with van der Waals surface area (Å²) in [7, 11) is 0. The lowest BCUT2D eigenvalue weighted by atomic mass is 9.73. The number of rotatable bonds is 7. The number of likely N-dealkylation sites (N-methyl/N-ethyl adjacent to an activating group) is 1. The Morgan fingerprint density at radius 1 is 0.833 bits per heavy atom. The van der Waals surface area contributed by atoms with Crippen molar-refractivity contribution in [2.75, 3.05) is 11.4 Å². The fourth-order valence-electron chi connectivity index (χ4n) is 5.63. The number of amides is 2. The number of nitrogens with zero attached hydrogens (tertiary/aromatic N) is 3. The predicted molar refractivity (Wildman–Crippen MR) is 175 cm³/mol. The Kier molecular flexibility index (Phi) is 8.36. The van der Waals surface area contributed by atoms with Crippen molar-refractivity contribution in [2.45, 2.75) is 33.6 Å². The highest BCUT2D eigenvalue weighted by Crippen LogP contribution is 2.41. The summed E-state index contributed by atoms with van der Waals surface area (Å²) < 4.78 is 0. The molecule has 0 bridgehead atoms. The second-order valence-electron chi connectivity index (χ2n) is 11.3. The molecule has 0 N–H and O–H groups in total. The molecule has 0 spiro atoms. The Morgan fingerprint density at radius 2 is 1.40 bits per heavy atom. The molecular weight excluding hydrogens is 538 g/mol. The largest absolute Gasteiger partial charge is 0.311 e. The van der Waals surface area contributed by atoms with Crippen molar-refractivity contribution >= 4 is 52.3 Å². The maximum Gasteiger partial charge on any atom is 0.270 e. The molecule has 3 aromatic carbocycles. The van der Waals surface area contributed by atoms with Gasteiger partial charge in [0.2, 0.25) is 0 Å². The summed E-state index contributed by atoms with van der Waals surface area (Å²) in [5.74, 6) is -0.746. The average molecular weight is 574 g/mol. The van der Waals surface area contributed by atoms with E-state index in [1.165, 1.54) is 16.0 Å². The molecule has 0 atom stereocenters. The number of para-hydroxylation sites is 2. The molecule has 212 valence electrons. The van der Waals surface area contributed by atoms with Crippen LogP contribution in [0.3, 0.4) is 0 Å². The van der Waals surface area contributed by atoms with Crippen LogP contribution in [0.1, 0.15) is 39.2 Å². The third kappa shape index (κ3) is 5.90. The molecule has 1 aliphatic heterocycles. The molecule has 1 saturated heterocycles. The summed E-state index contributed by atoms with van der Waals surface area (Å²) in [5.41, 5.74) is 6.16. The molecule has 0 radical (unpaired) electrons. The first-order valence-corrected chi connectivity index (χ1v) is 14.6. The number of benzene rings is 3. The summed E-state index contributed by atoms with van der Waals surface area (Å²) in [6.07, 6.45) is 9.01. The number of carbonyl (C=O) groups is 2. The fourth-order valence-corrected chi connectivity index (χ4v) is 6.00. The van der Waals surface area contributed by atoms with Crippen molar-refractivity contribution in [1.82, 2.24) is 9.80 Å². The molecule has 6 heteroatoms. The van der Waals surface area contributed by atoms with Crippen molar-refractivity contribution in [1.29, 1.82) is 0 Å². The minimum Gasteiger partial charge on any atom is -0.311 e. The molecule has 3 aromatic rings. The third-order valence-corrected chi connectivity index (χ3v) is 7.95. The highest BCUT2D eigenvalue weighted by molar-refractivity contribution is 7.80. The first kappa shape index (κ1) is 29.0. The van der Waals surface area contributed by atoms with Crippen molar-refractivity contribution < 1.29 is 9.59 Å². The van der Waals surface area contributed by atoms with Gasteiger partial charge >= 0.3 is 0 Å². The number of hydrogen-bond donors (Lipinski definition) is 0. The number of hydrogen-bond acceptors (Lipinski definition) is 4. The summed E-state index contributed by atoms with van der Waals surface area (Å²) in [5, 5.41) is 0.174. The zero-order valence-corrected chi connectivity index (χ0v) is 25.1. The highest BCUT2D eigenvalue weighted by Gasteiger charge is 2.40. The van der Waals surface area contributed by atoms with Crippen molar-refractivity contribution in [3.8, 4) is 0 Å². The van der Waals surface area contributed by atoms with E-state index >= 15 is 0 Å². The summed E-state index contributed by atoms with van der Waals surface area (Å²) >= 11 is 5.39. The van der Waals surface area contributed by atoms with Crippen LogP contribution in [0.4, 0.5) is 17.1 Å². The van der Waals surface area contributed by atoms with Crippen LogP contribution in [0.5, 0.6) is 0 Å². The second kappa shape index (κ2) is 12.1. The zero-order valence-electron chi connectivity index (χ0n) is 24.3. The van der Waals surface area contributed by atoms with Crippen LogP contribution in [0, 0.1) is 5.41 Å². The molecule has 2 amide bonds. The van der Waals surface area contributed by atoms with Gasteiger partial charge in [-0.05, 0) is 90.5 Å². The van der Waals surface area contributed by atoms with Gasteiger partial charge in [0.05, 0.1) is 0 Å². The monoisotopic (exact) mass is 573 g/mol. The van der Waals surface area contributed by atoms with Crippen LogP contribution in [-0.2, 0) is 9.59 Å². The third-order valence-electron chi connectivity index (χ3n) is 7.53. The van der Waals surface area contributed by atoms with Gasteiger partial charge in [0.1, 0.15) is 5.57 Å². The van der Waals surface area contributed by atoms with Gasteiger partial charge in [0, 0.05) is 29.8 Å². The van der Waals surface area contributed by atoms with Gasteiger partial charge in [-0.1, -0.05) is 87.2 Å². The molecule has 42 heavy (non-hydrogen) atoms. The van der Waals surface area contributed by atoms with Gasteiger partial charge < -0.3 is 4.90 Å². The minimum absolute atomic E-state index is 0.124. The zero-order chi connectivity index (χ0) is 29.9. The quantitative estimate of drug-likeness (QED) is 0.162. The topological polar surface area (TPSA) is 43.9 Å². The summed E-state index contributed by atoms with van der Waals surface area (Å²) in [6.45, 7) is 10.3. The predicted octanol–water partition coefficient (Wildman–Crippen LogP) is 8.33. The Hall–Kier alpha value is -4.55. The molecule has 1 heterocycles. The van der Waals surface area contributed by atoms with Crippen molar-refractivity contribution in [2.24, 2.45) is 5.41 Å². The SMILES string of the molecule is C=CN1C(=O)/C(=C2C=C(/C=C/c3ccc(N(c4ccccc4)c4ccccc4)cc3)CC(C)(C)C\2)C(=O)N(CC)C1=S. The van der Waals surface area contributed by atoms with E-state index in [0.29, 0.717) is 13.0 Å². The number of allylic oxidation sites excluding steroid dienone is 4. The highest BCUT2D eigenvalue weighted by atomic mass is 32.1. The van der Waals surface area contributed by atoms with E-state index in [9.17, 15) is 9.59 Å². The number of carbonyl (C=O) groups excluding carboxylic acids is 2. The van der Waals surface area contributed by atoms with Gasteiger partial charge in [0.25, 0.3) is 11.8 Å². The van der Waals surface area contributed by atoms with Crippen LogP contribution < -0.4 is 4.90 Å². The van der Waals surface area contributed by atoms with E-state index in [4.69, 9.17) is 12.2 Å². The Bertz CT molecular complexity index is 1560. The summed E-state index contributed by atoms with van der Waals surface area (Å²) in [6, 6.07) is 29.1. The molecule has 0 saturated carbocycles. The van der Waals surface area contributed by atoms with Crippen LogP contribution in [0.2, 0.25) is 0 Å². The van der Waals surface area contributed by atoms with E-state index in [2.05, 4.69) is 86.0 Å². The maximum atomic E-state index is 13.4. The average Bonchev–Trinajstić information content (AvgIpc) is 2.98. The number of thiocarbonyl (C=S) groups is 1.